The molecule has 0 fully saturated rings. The van der Waals surface area contributed by atoms with E-state index in [9.17, 15) is 9.18 Å². The quantitative estimate of drug-likeness (QED) is 0.406. The molecule has 0 N–H and O–H groups in total. The van der Waals surface area contributed by atoms with Crippen molar-refractivity contribution in [1.29, 1.82) is 0 Å². The zero-order valence-corrected chi connectivity index (χ0v) is 18.1. The molecular weight excluding hydrogens is 391 g/mol. The molecule has 1 atom stereocenters. The fraction of sp³-hybridized carbons (Fsp3) is 0.381. The van der Waals surface area contributed by atoms with E-state index in [2.05, 4.69) is 21.7 Å². The summed E-state index contributed by atoms with van der Waals surface area (Å²) < 4.78 is 23.1. The number of carbonyl (C=O) groups excluding carboxylic acids is 1. The second kappa shape index (κ2) is 8.92. The van der Waals surface area contributed by atoms with Crippen molar-refractivity contribution in [2.24, 2.45) is 7.05 Å². The molecular formula is C21H25FN4O2S. The molecule has 6 nitrogen and oxygen atoms in total. The number of hydrogen-bond donors (Lipinski definition) is 0. The van der Waals surface area contributed by atoms with Crippen molar-refractivity contribution >= 4 is 17.5 Å². The maximum absolute atomic E-state index is 14.1. The highest BCUT2D eigenvalue weighted by atomic mass is 32.2. The van der Waals surface area contributed by atoms with E-state index in [-0.39, 0.29) is 23.4 Å². The maximum atomic E-state index is 14.1. The molecule has 0 aliphatic carbocycles. The molecule has 0 spiro atoms. The Bertz CT molecular complexity index is 1030. The summed E-state index contributed by atoms with van der Waals surface area (Å²) in [6, 6.07) is 8.51. The molecule has 0 saturated carbocycles. The Hall–Kier alpha value is -2.45. The third kappa shape index (κ3) is 4.28. The molecule has 0 aliphatic heterocycles. The SMILES string of the molecule is COC[C@@H](C)n1c(C)cc(C(=O)CSc2nnc(-c3ccccc3F)n2C)c1C. The van der Waals surface area contributed by atoms with Crippen LogP contribution in [0.4, 0.5) is 4.39 Å². The molecule has 0 saturated heterocycles. The number of benzene rings is 1. The minimum absolute atomic E-state index is 0.0226. The number of nitrogens with zero attached hydrogens (tertiary/aromatic N) is 4. The summed E-state index contributed by atoms with van der Waals surface area (Å²) in [5.41, 5.74) is 3.05. The van der Waals surface area contributed by atoms with Gasteiger partial charge in [-0.3, -0.25) is 4.79 Å². The topological polar surface area (TPSA) is 61.9 Å². The van der Waals surface area contributed by atoms with Crippen LogP contribution in [-0.2, 0) is 11.8 Å². The molecule has 154 valence electrons. The first-order valence-electron chi connectivity index (χ1n) is 9.32. The number of ketones is 1. The average molecular weight is 417 g/mol. The number of Topliss-reactive ketones (excluding diaryl/α,β-unsaturated/α-hetero) is 1. The van der Waals surface area contributed by atoms with E-state index in [1.165, 1.54) is 17.8 Å². The fourth-order valence-electron chi connectivity index (χ4n) is 3.58. The van der Waals surface area contributed by atoms with Crippen molar-refractivity contribution in [3.8, 4) is 11.4 Å². The summed E-state index contributed by atoms with van der Waals surface area (Å²) >= 11 is 1.30. The third-order valence-corrected chi connectivity index (χ3v) is 5.94. The Labute approximate surface area is 174 Å². The Kier molecular flexibility index (Phi) is 6.54. The van der Waals surface area contributed by atoms with E-state index >= 15 is 0 Å². The molecule has 3 aromatic rings. The van der Waals surface area contributed by atoms with Gasteiger partial charge in [-0.1, -0.05) is 23.9 Å². The lowest BCUT2D eigenvalue weighted by Gasteiger charge is -2.17. The molecule has 0 amide bonds. The first kappa shape index (κ1) is 21.3. The van der Waals surface area contributed by atoms with E-state index in [0.717, 1.165) is 11.4 Å². The first-order chi connectivity index (χ1) is 13.8. The largest absolute Gasteiger partial charge is 0.383 e. The monoisotopic (exact) mass is 416 g/mol. The van der Waals surface area contributed by atoms with Gasteiger partial charge in [0.2, 0.25) is 0 Å². The number of aromatic nitrogens is 4. The standard InChI is InChI=1S/C21H25FN4O2S/c1-13-10-17(15(3)26(13)14(2)11-28-5)19(27)12-29-21-24-23-20(25(21)4)16-8-6-7-9-18(16)22/h6-10,14H,11-12H2,1-5H3/t14-/m1/s1. The van der Waals surface area contributed by atoms with Gasteiger partial charge in [-0.05, 0) is 39.0 Å². The number of carbonyl (C=O) groups is 1. The molecule has 0 bridgehead atoms. The highest BCUT2D eigenvalue weighted by Crippen LogP contribution is 2.26. The number of thioether (sulfide) groups is 1. The van der Waals surface area contributed by atoms with Crippen molar-refractivity contribution < 1.29 is 13.9 Å². The highest BCUT2D eigenvalue weighted by molar-refractivity contribution is 7.99. The third-order valence-electron chi connectivity index (χ3n) is 4.92. The second-order valence-electron chi connectivity index (χ2n) is 7.02. The van der Waals surface area contributed by atoms with E-state index < -0.39 is 0 Å². The number of methoxy groups -OCH3 is 1. The molecule has 0 radical (unpaired) electrons. The smallest absolute Gasteiger partial charge is 0.191 e. The van der Waals surface area contributed by atoms with Crippen LogP contribution < -0.4 is 0 Å². The van der Waals surface area contributed by atoms with Crippen LogP contribution in [0, 0.1) is 19.7 Å². The Morgan fingerprint density at radius 3 is 2.69 bits per heavy atom. The van der Waals surface area contributed by atoms with Crippen molar-refractivity contribution in [2.75, 3.05) is 19.5 Å². The average Bonchev–Trinajstić information content (AvgIpc) is 3.19. The fourth-order valence-corrected chi connectivity index (χ4v) is 4.37. The van der Waals surface area contributed by atoms with E-state index in [1.54, 1.807) is 36.9 Å². The van der Waals surface area contributed by atoms with Crippen molar-refractivity contribution in [3.05, 3.63) is 53.1 Å². The normalized spacial score (nSPS) is 12.3. The van der Waals surface area contributed by atoms with Gasteiger partial charge >= 0.3 is 0 Å². The second-order valence-corrected chi connectivity index (χ2v) is 7.96. The molecule has 29 heavy (non-hydrogen) atoms. The van der Waals surface area contributed by atoms with E-state index in [4.69, 9.17) is 4.74 Å². The van der Waals surface area contributed by atoms with Crippen LogP contribution >= 0.6 is 11.8 Å². The van der Waals surface area contributed by atoms with Crippen LogP contribution in [0.1, 0.15) is 34.7 Å². The molecule has 8 heteroatoms. The summed E-state index contributed by atoms with van der Waals surface area (Å²) in [4.78, 5) is 12.8. The number of hydrogen-bond acceptors (Lipinski definition) is 5. The number of ether oxygens (including phenoxy) is 1. The van der Waals surface area contributed by atoms with Crippen LogP contribution in [0.25, 0.3) is 11.4 Å². The predicted molar refractivity (Wildman–Crippen MR) is 112 cm³/mol. The van der Waals surface area contributed by atoms with Gasteiger partial charge in [0.25, 0.3) is 0 Å². The minimum atomic E-state index is -0.353. The summed E-state index contributed by atoms with van der Waals surface area (Å²) in [7, 11) is 3.44. The van der Waals surface area contributed by atoms with E-state index in [1.807, 2.05) is 19.9 Å². The lowest BCUT2D eigenvalue weighted by molar-refractivity contribution is 0.102. The highest BCUT2D eigenvalue weighted by Gasteiger charge is 2.20. The van der Waals surface area contributed by atoms with Crippen molar-refractivity contribution in [1.82, 2.24) is 19.3 Å². The van der Waals surface area contributed by atoms with E-state index in [0.29, 0.717) is 28.7 Å². The van der Waals surface area contributed by atoms with Gasteiger partial charge in [-0.25, -0.2) is 4.39 Å². The zero-order chi connectivity index (χ0) is 21.1. The molecule has 2 heterocycles. The molecule has 0 unspecified atom stereocenters. The lowest BCUT2D eigenvalue weighted by atomic mass is 10.2. The number of rotatable bonds is 8. The van der Waals surface area contributed by atoms with Crippen LogP contribution in [0.15, 0.2) is 35.5 Å². The Morgan fingerprint density at radius 1 is 1.28 bits per heavy atom. The van der Waals surface area contributed by atoms with Gasteiger partial charge < -0.3 is 13.9 Å². The van der Waals surface area contributed by atoms with Gasteiger partial charge in [0, 0.05) is 31.1 Å². The van der Waals surface area contributed by atoms with Crippen LogP contribution in [0.5, 0.6) is 0 Å². The zero-order valence-electron chi connectivity index (χ0n) is 17.3. The van der Waals surface area contributed by atoms with Crippen LogP contribution in [-0.4, -0.2) is 44.6 Å². The molecule has 2 aromatic heterocycles. The summed E-state index contributed by atoms with van der Waals surface area (Å²) in [5, 5.41) is 8.80. The summed E-state index contributed by atoms with van der Waals surface area (Å²) in [6.07, 6.45) is 0. The number of halogens is 1. The van der Waals surface area contributed by atoms with Crippen molar-refractivity contribution in [2.45, 2.75) is 32.0 Å². The van der Waals surface area contributed by atoms with Gasteiger partial charge in [-0.15, -0.1) is 10.2 Å². The van der Waals surface area contributed by atoms with Crippen molar-refractivity contribution in [3.63, 3.8) is 0 Å². The summed E-state index contributed by atoms with van der Waals surface area (Å²) in [5.74, 6) is 0.332. The Balaban J connectivity index is 1.76. The summed E-state index contributed by atoms with van der Waals surface area (Å²) in [6.45, 7) is 6.59. The first-order valence-corrected chi connectivity index (χ1v) is 10.3. The van der Waals surface area contributed by atoms with Gasteiger partial charge in [0.05, 0.1) is 24.0 Å². The van der Waals surface area contributed by atoms with Gasteiger partial charge in [-0.2, -0.15) is 0 Å². The maximum Gasteiger partial charge on any atom is 0.191 e. The minimum Gasteiger partial charge on any atom is -0.383 e. The van der Waals surface area contributed by atoms with Gasteiger partial charge in [0.1, 0.15) is 5.82 Å². The predicted octanol–water partition coefficient (Wildman–Crippen LogP) is 4.22. The van der Waals surface area contributed by atoms with Crippen LogP contribution in [0.2, 0.25) is 0 Å². The van der Waals surface area contributed by atoms with Crippen LogP contribution in [0.3, 0.4) is 0 Å². The molecule has 0 aliphatic rings. The van der Waals surface area contributed by atoms with Gasteiger partial charge in [0.15, 0.2) is 16.8 Å². The Morgan fingerprint density at radius 2 is 2.00 bits per heavy atom. The molecule has 3 rings (SSSR count). The molecule has 1 aromatic carbocycles. The lowest BCUT2D eigenvalue weighted by Crippen LogP contribution is -2.14. The number of aryl methyl sites for hydroxylation is 1.